The first-order chi connectivity index (χ1) is 10.5. The highest BCUT2D eigenvalue weighted by Crippen LogP contribution is 2.40. The number of fused-ring (bicyclic) bond motifs is 1. The molecule has 0 saturated carbocycles. The first-order valence-electron chi connectivity index (χ1n) is 6.58. The monoisotopic (exact) mass is 354 g/mol. The van der Waals surface area contributed by atoms with E-state index in [9.17, 15) is 0 Å². The van der Waals surface area contributed by atoms with E-state index in [1.807, 2.05) is 18.2 Å². The summed E-state index contributed by atoms with van der Waals surface area (Å²) >= 11 is 18.6. The Morgan fingerprint density at radius 2 is 1.86 bits per heavy atom. The van der Waals surface area contributed by atoms with Crippen LogP contribution in [-0.2, 0) is 6.54 Å². The predicted molar refractivity (Wildman–Crippen MR) is 93.2 cm³/mol. The highest BCUT2D eigenvalue weighted by atomic mass is 35.5. The first-order valence-corrected chi connectivity index (χ1v) is 7.72. The third-order valence-electron chi connectivity index (χ3n) is 3.55. The molecule has 22 heavy (non-hydrogen) atoms. The number of methoxy groups -OCH3 is 1. The third-order valence-corrected chi connectivity index (χ3v) is 4.40. The molecule has 0 bridgehead atoms. The zero-order valence-electron chi connectivity index (χ0n) is 11.7. The Morgan fingerprint density at radius 3 is 2.50 bits per heavy atom. The summed E-state index contributed by atoms with van der Waals surface area (Å²) in [6.07, 6.45) is 0. The largest absolute Gasteiger partial charge is 0.495 e. The standard InChI is InChI=1S/C16H13Cl3N2O/c1-22-15-6-13-10(5-12(15)19)16(14(7-20)21-13)9-3-2-8(17)4-11(9)18/h2-6,21H,7,20H2,1H3. The van der Waals surface area contributed by atoms with Crippen molar-refractivity contribution in [2.45, 2.75) is 6.54 Å². The van der Waals surface area contributed by atoms with E-state index in [2.05, 4.69) is 4.98 Å². The van der Waals surface area contributed by atoms with E-state index in [0.717, 1.165) is 27.7 Å². The molecule has 2 aromatic carbocycles. The van der Waals surface area contributed by atoms with Crippen molar-refractivity contribution in [2.75, 3.05) is 7.11 Å². The Kier molecular flexibility index (Phi) is 4.24. The number of H-pyrrole nitrogens is 1. The predicted octanol–water partition coefficient (Wildman–Crippen LogP) is 5.26. The molecule has 0 radical (unpaired) electrons. The molecular formula is C16H13Cl3N2O. The number of benzene rings is 2. The van der Waals surface area contributed by atoms with E-state index in [1.54, 1.807) is 19.2 Å². The van der Waals surface area contributed by atoms with Gasteiger partial charge in [-0.15, -0.1) is 0 Å². The molecule has 114 valence electrons. The zero-order chi connectivity index (χ0) is 15.9. The van der Waals surface area contributed by atoms with Gasteiger partial charge in [-0.3, -0.25) is 0 Å². The smallest absolute Gasteiger partial charge is 0.139 e. The Morgan fingerprint density at radius 1 is 1.09 bits per heavy atom. The third kappa shape index (κ3) is 2.55. The molecule has 0 unspecified atom stereocenters. The van der Waals surface area contributed by atoms with Gasteiger partial charge in [0.05, 0.1) is 17.6 Å². The molecule has 3 aromatic rings. The van der Waals surface area contributed by atoms with E-state index in [1.165, 1.54) is 0 Å². The molecule has 0 atom stereocenters. The maximum absolute atomic E-state index is 6.35. The summed E-state index contributed by atoms with van der Waals surface area (Å²) in [6, 6.07) is 9.09. The first kappa shape index (κ1) is 15.5. The van der Waals surface area contributed by atoms with Gasteiger partial charge in [-0.1, -0.05) is 40.9 Å². The van der Waals surface area contributed by atoms with Gasteiger partial charge >= 0.3 is 0 Å². The molecule has 0 fully saturated rings. The summed E-state index contributed by atoms with van der Waals surface area (Å²) in [5.74, 6) is 0.604. The number of aromatic amines is 1. The second-order valence-corrected chi connectivity index (χ2v) is 6.09. The van der Waals surface area contributed by atoms with E-state index in [0.29, 0.717) is 27.4 Å². The van der Waals surface area contributed by atoms with Crippen LogP contribution in [0.25, 0.3) is 22.0 Å². The van der Waals surface area contributed by atoms with Crippen LogP contribution in [0, 0.1) is 0 Å². The van der Waals surface area contributed by atoms with Gasteiger partial charge in [0.15, 0.2) is 0 Å². The normalized spacial score (nSPS) is 11.1. The van der Waals surface area contributed by atoms with E-state index in [4.69, 9.17) is 45.3 Å². The van der Waals surface area contributed by atoms with Gasteiger partial charge in [0.1, 0.15) is 5.75 Å². The Hall–Kier alpha value is -1.39. The molecule has 0 aliphatic carbocycles. The number of hydrogen-bond donors (Lipinski definition) is 2. The number of halogens is 3. The molecule has 0 amide bonds. The van der Waals surface area contributed by atoms with Crippen LogP contribution in [0.2, 0.25) is 15.1 Å². The van der Waals surface area contributed by atoms with Crippen LogP contribution < -0.4 is 10.5 Å². The average Bonchev–Trinajstić information content (AvgIpc) is 2.84. The molecule has 0 spiro atoms. The lowest BCUT2D eigenvalue weighted by Crippen LogP contribution is -1.98. The molecule has 6 heteroatoms. The van der Waals surface area contributed by atoms with Crippen molar-refractivity contribution < 1.29 is 4.74 Å². The average molecular weight is 356 g/mol. The van der Waals surface area contributed by atoms with E-state index in [-0.39, 0.29) is 0 Å². The number of aromatic nitrogens is 1. The SMILES string of the molecule is COc1cc2[nH]c(CN)c(-c3ccc(Cl)cc3Cl)c2cc1Cl. The molecule has 0 saturated heterocycles. The van der Waals surface area contributed by atoms with Gasteiger partial charge in [-0.2, -0.15) is 0 Å². The van der Waals surface area contributed by atoms with Crippen LogP contribution in [0.3, 0.4) is 0 Å². The zero-order valence-corrected chi connectivity index (χ0v) is 14.0. The molecule has 3 rings (SSSR count). The van der Waals surface area contributed by atoms with Crippen LogP contribution in [0.4, 0.5) is 0 Å². The van der Waals surface area contributed by atoms with Gasteiger partial charge in [0.25, 0.3) is 0 Å². The van der Waals surface area contributed by atoms with Gasteiger partial charge < -0.3 is 15.5 Å². The molecule has 1 aromatic heterocycles. The van der Waals surface area contributed by atoms with Crippen molar-refractivity contribution in [3.63, 3.8) is 0 Å². The minimum atomic E-state index is 0.350. The second-order valence-electron chi connectivity index (χ2n) is 4.84. The van der Waals surface area contributed by atoms with Gasteiger partial charge in [0, 0.05) is 44.9 Å². The summed E-state index contributed by atoms with van der Waals surface area (Å²) in [6.45, 7) is 0.350. The van der Waals surface area contributed by atoms with Crippen LogP contribution in [0.5, 0.6) is 5.75 Å². The highest BCUT2D eigenvalue weighted by molar-refractivity contribution is 6.37. The van der Waals surface area contributed by atoms with E-state index < -0.39 is 0 Å². The summed E-state index contributed by atoms with van der Waals surface area (Å²) in [7, 11) is 1.58. The second kappa shape index (κ2) is 6.01. The lowest BCUT2D eigenvalue weighted by Gasteiger charge is -2.08. The fourth-order valence-corrected chi connectivity index (χ4v) is 3.30. The lowest BCUT2D eigenvalue weighted by molar-refractivity contribution is 0.415. The summed E-state index contributed by atoms with van der Waals surface area (Å²) < 4.78 is 5.25. The Labute approximate surface area is 142 Å². The van der Waals surface area contributed by atoms with Crippen molar-refractivity contribution in [1.82, 2.24) is 4.98 Å². The van der Waals surface area contributed by atoms with Crippen molar-refractivity contribution in [1.29, 1.82) is 0 Å². The minimum absolute atomic E-state index is 0.350. The molecule has 3 N–H and O–H groups in total. The van der Waals surface area contributed by atoms with Crippen molar-refractivity contribution in [2.24, 2.45) is 5.73 Å². The van der Waals surface area contributed by atoms with Gasteiger partial charge in [0.2, 0.25) is 0 Å². The van der Waals surface area contributed by atoms with Crippen LogP contribution >= 0.6 is 34.8 Å². The van der Waals surface area contributed by atoms with Crippen molar-refractivity contribution in [3.05, 3.63) is 51.1 Å². The number of nitrogens with one attached hydrogen (secondary N) is 1. The summed E-state index contributed by atoms with van der Waals surface area (Å²) in [4.78, 5) is 3.30. The minimum Gasteiger partial charge on any atom is -0.495 e. The molecular weight excluding hydrogens is 343 g/mol. The number of hydrogen-bond acceptors (Lipinski definition) is 2. The van der Waals surface area contributed by atoms with Crippen molar-refractivity contribution in [3.8, 4) is 16.9 Å². The van der Waals surface area contributed by atoms with Gasteiger partial charge in [-0.05, 0) is 18.2 Å². The molecule has 1 heterocycles. The lowest BCUT2D eigenvalue weighted by atomic mass is 10.0. The van der Waals surface area contributed by atoms with Crippen molar-refractivity contribution >= 4 is 45.7 Å². The molecule has 0 aliphatic rings. The fraction of sp³-hybridized carbons (Fsp3) is 0.125. The quantitative estimate of drug-likeness (QED) is 0.673. The fourth-order valence-electron chi connectivity index (χ4n) is 2.56. The topological polar surface area (TPSA) is 51.0 Å². The maximum Gasteiger partial charge on any atom is 0.139 e. The summed E-state index contributed by atoms with van der Waals surface area (Å²) in [5.41, 5.74) is 9.44. The maximum atomic E-state index is 6.35. The number of ether oxygens (including phenoxy) is 1. The number of nitrogens with two attached hydrogens (primary N) is 1. The Balaban J connectivity index is 2.34. The van der Waals surface area contributed by atoms with Crippen LogP contribution in [0.1, 0.15) is 5.69 Å². The summed E-state index contributed by atoms with van der Waals surface area (Å²) in [5, 5.41) is 2.62. The van der Waals surface area contributed by atoms with E-state index >= 15 is 0 Å². The number of rotatable bonds is 3. The van der Waals surface area contributed by atoms with Crippen LogP contribution in [-0.4, -0.2) is 12.1 Å². The van der Waals surface area contributed by atoms with Crippen LogP contribution in [0.15, 0.2) is 30.3 Å². The van der Waals surface area contributed by atoms with Gasteiger partial charge in [-0.25, -0.2) is 0 Å². The molecule has 3 nitrogen and oxygen atoms in total. The molecule has 0 aliphatic heterocycles. The Bertz CT molecular complexity index is 858. The highest BCUT2D eigenvalue weighted by Gasteiger charge is 2.17.